The maximum Gasteiger partial charge on any atom is 0.207 e. The van der Waals surface area contributed by atoms with Gasteiger partial charge in [0.2, 0.25) is 5.78 Å². The molecule has 0 aliphatic carbocycles. The molecule has 0 fully saturated rings. The Morgan fingerprint density at radius 1 is 1.13 bits per heavy atom. The van der Waals surface area contributed by atoms with Crippen molar-refractivity contribution in [3.05, 3.63) is 65.7 Å². The fourth-order valence-corrected chi connectivity index (χ4v) is 3.15. The third-order valence-corrected chi connectivity index (χ3v) is 4.54. The number of carbonyl (C=O) groups is 1. The zero-order valence-electron chi connectivity index (χ0n) is 13.2. The maximum absolute atomic E-state index is 12.5. The lowest BCUT2D eigenvalue weighted by Gasteiger charge is -2.17. The first kappa shape index (κ1) is 17.1. The molecule has 0 heterocycles. The van der Waals surface area contributed by atoms with E-state index in [1.54, 1.807) is 6.92 Å². The minimum Gasteiger partial charge on any atom is -0.285 e. The summed E-state index contributed by atoms with van der Waals surface area (Å²) in [6, 6.07) is 16.7. The van der Waals surface area contributed by atoms with Crippen LogP contribution in [0.5, 0.6) is 0 Å². The minimum absolute atomic E-state index is 0.172. The number of Topliss-reactive ketones (excluding diaryl/α,β-unsaturated/α-hetero) is 1. The van der Waals surface area contributed by atoms with E-state index < -0.39 is 11.0 Å². The van der Waals surface area contributed by atoms with Crippen LogP contribution in [0.3, 0.4) is 0 Å². The van der Waals surface area contributed by atoms with Crippen molar-refractivity contribution in [2.24, 2.45) is 0 Å². The number of carbonyl (C=O) groups excluding carboxylic acids is 1. The average molecular weight is 325 g/mol. The number of hydrogen-bond donors (Lipinski definition) is 1. The number of ketones is 1. The first-order valence-electron chi connectivity index (χ1n) is 7.35. The largest absolute Gasteiger partial charge is 0.285 e. The van der Waals surface area contributed by atoms with Crippen LogP contribution in [0.1, 0.15) is 30.5 Å². The lowest BCUT2D eigenvalue weighted by Crippen LogP contribution is -2.25. The number of hydrogen-bond acceptors (Lipinski definition) is 2. The normalized spacial score (nSPS) is 12.8. The summed E-state index contributed by atoms with van der Waals surface area (Å²) in [7, 11) is -1.39. The number of nitrogens with one attached hydrogen (secondary N) is 1. The highest BCUT2D eigenvalue weighted by Gasteiger charge is 2.18. The van der Waals surface area contributed by atoms with Crippen LogP contribution in [0.25, 0.3) is 0 Å². The minimum atomic E-state index is -1.39. The molecule has 0 aromatic heterocycles. The van der Waals surface area contributed by atoms with E-state index in [0.29, 0.717) is 4.90 Å². The van der Waals surface area contributed by atoms with Gasteiger partial charge in [-0.25, -0.2) is 8.93 Å². The highest BCUT2D eigenvalue weighted by atomic mass is 32.2. The van der Waals surface area contributed by atoms with Crippen molar-refractivity contribution in [2.45, 2.75) is 31.2 Å². The van der Waals surface area contributed by atoms with Crippen molar-refractivity contribution >= 4 is 16.8 Å². The van der Waals surface area contributed by atoms with Crippen LogP contribution < -0.4 is 4.72 Å². The Morgan fingerprint density at radius 3 is 2.39 bits per heavy atom. The van der Waals surface area contributed by atoms with Gasteiger partial charge < -0.3 is 0 Å². The van der Waals surface area contributed by atoms with Crippen molar-refractivity contribution in [3.8, 4) is 11.8 Å². The molecule has 0 aliphatic rings. The molecule has 1 N–H and O–H groups in total. The number of aryl methyl sites for hydroxylation is 1. The second-order valence-electron chi connectivity index (χ2n) is 5.17. The van der Waals surface area contributed by atoms with Gasteiger partial charge in [0.1, 0.15) is 11.0 Å². The average Bonchev–Trinajstić information content (AvgIpc) is 2.56. The van der Waals surface area contributed by atoms with Crippen molar-refractivity contribution in [3.63, 3.8) is 0 Å². The van der Waals surface area contributed by atoms with Crippen LogP contribution in [-0.4, -0.2) is 9.99 Å². The molecule has 0 spiro atoms. The van der Waals surface area contributed by atoms with E-state index >= 15 is 0 Å². The topological polar surface area (TPSA) is 46.2 Å². The van der Waals surface area contributed by atoms with Crippen molar-refractivity contribution < 1.29 is 9.00 Å². The van der Waals surface area contributed by atoms with E-state index in [2.05, 4.69) is 16.6 Å². The zero-order valence-corrected chi connectivity index (χ0v) is 14.0. The summed E-state index contributed by atoms with van der Waals surface area (Å²) in [5, 5.41) is 0. The van der Waals surface area contributed by atoms with Crippen LogP contribution >= 0.6 is 0 Å². The van der Waals surface area contributed by atoms with Gasteiger partial charge in [0.25, 0.3) is 0 Å². The molecule has 118 valence electrons. The molecule has 0 bridgehead atoms. The highest BCUT2D eigenvalue weighted by molar-refractivity contribution is 7.83. The van der Waals surface area contributed by atoms with Crippen LogP contribution in [0.4, 0.5) is 0 Å². The summed E-state index contributed by atoms with van der Waals surface area (Å²) in [5.41, 5.74) is 2.03. The van der Waals surface area contributed by atoms with Crippen LogP contribution in [-0.2, 0) is 15.8 Å². The van der Waals surface area contributed by atoms with Gasteiger partial charge in [-0.3, -0.25) is 4.79 Å². The molecule has 0 saturated carbocycles. The Morgan fingerprint density at radius 2 is 1.78 bits per heavy atom. The summed E-state index contributed by atoms with van der Waals surface area (Å²) >= 11 is 0. The molecule has 2 aromatic rings. The lowest BCUT2D eigenvalue weighted by atomic mass is 10.0. The van der Waals surface area contributed by atoms with Gasteiger partial charge in [-0.1, -0.05) is 53.9 Å². The molecular weight excluding hydrogens is 306 g/mol. The SMILES string of the molecule is CC#CC(=O)C[C@@H](N[S@@](=O)c1ccc(C)cc1)c1ccccc1. The maximum atomic E-state index is 12.5. The molecule has 0 radical (unpaired) electrons. The van der Waals surface area contributed by atoms with E-state index in [0.717, 1.165) is 11.1 Å². The molecule has 3 nitrogen and oxygen atoms in total. The van der Waals surface area contributed by atoms with Crippen LogP contribution in [0.2, 0.25) is 0 Å². The summed E-state index contributed by atoms with van der Waals surface area (Å²) < 4.78 is 15.6. The van der Waals surface area contributed by atoms with Crippen molar-refractivity contribution in [2.75, 3.05) is 0 Å². The summed E-state index contributed by atoms with van der Waals surface area (Å²) in [6.07, 6.45) is 0.183. The van der Waals surface area contributed by atoms with Gasteiger partial charge in [0, 0.05) is 6.42 Å². The Kier molecular flexibility index (Phi) is 6.28. The Hall–Kier alpha value is -2.22. The van der Waals surface area contributed by atoms with E-state index in [4.69, 9.17) is 0 Å². The zero-order chi connectivity index (χ0) is 16.7. The molecule has 4 heteroatoms. The van der Waals surface area contributed by atoms with Crippen molar-refractivity contribution in [1.82, 2.24) is 4.72 Å². The monoisotopic (exact) mass is 325 g/mol. The standard InChI is InChI=1S/C19H19NO2S/c1-3-7-17(21)14-19(16-8-5-4-6-9-16)20-23(22)18-12-10-15(2)11-13-18/h4-6,8-13,19-20H,14H2,1-2H3/t19-,23+/m1/s1. The molecule has 2 atom stereocenters. The molecule has 0 aliphatic heterocycles. The number of rotatable bonds is 6. The van der Waals surface area contributed by atoms with Crippen LogP contribution in [0.15, 0.2) is 59.5 Å². The van der Waals surface area contributed by atoms with Gasteiger partial charge in [-0.2, -0.15) is 0 Å². The molecule has 0 saturated heterocycles. The summed E-state index contributed by atoms with van der Waals surface area (Å²) in [4.78, 5) is 12.6. The first-order chi connectivity index (χ1) is 11.1. The second kappa shape index (κ2) is 8.42. The predicted octanol–water partition coefficient (Wildman–Crippen LogP) is 3.33. The Labute approximate surface area is 139 Å². The van der Waals surface area contributed by atoms with Gasteiger partial charge >= 0.3 is 0 Å². The van der Waals surface area contributed by atoms with Gasteiger partial charge in [0.05, 0.1) is 10.9 Å². The van der Waals surface area contributed by atoms with Crippen molar-refractivity contribution in [1.29, 1.82) is 0 Å². The van der Waals surface area contributed by atoms with E-state index in [9.17, 15) is 9.00 Å². The molecule has 0 unspecified atom stereocenters. The Bertz CT molecular complexity index is 742. The van der Waals surface area contributed by atoms with Crippen LogP contribution in [0, 0.1) is 18.8 Å². The smallest absolute Gasteiger partial charge is 0.207 e. The van der Waals surface area contributed by atoms with Gasteiger partial charge in [-0.15, -0.1) is 0 Å². The third kappa shape index (κ3) is 5.17. The third-order valence-electron chi connectivity index (χ3n) is 3.34. The fraction of sp³-hybridized carbons (Fsp3) is 0.211. The van der Waals surface area contributed by atoms with E-state index in [-0.39, 0.29) is 18.2 Å². The lowest BCUT2D eigenvalue weighted by molar-refractivity contribution is -0.114. The summed E-state index contributed by atoms with van der Waals surface area (Å²) in [6.45, 7) is 3.61. The molecule has 2 aromatic carbocycles. The van der Waals surface area contributed by atoms with E-state index in [1.165, 1.54) is 0 Å². The molecule has 0 amide bonds. The molecule has 2 rings (SSSR count). The Balaban J connectivity index is 2.19. The number of benzene rings is 2. The second-order valence-corrected chi connectivity index (χ2v) is 6.41. The fourth-order valence-electron chi connectivity index (χ4n) is 2.15. The van der Waals surface area contributed by atoms with Gasteiger partial charge in [0.15, 0.2) is 0 Å². The first-order valence-corrected chi connectivity index (χ1v) is 8.50. The van der Waals surface area contributed by atoms with E-state index in [1.807, 2.05) is 61.5 Å². The predicted molar refractivity (Wildman–Crippen MR) is 93.0 cm³/mol. The van der Waals surface area contributed by atoms with Gasteiger partial charge in [-0.05, 0) is 37.5 Å². The molecule has 23 heavy (non-hydrogen) atoms. The quantitative estimate of drug-likeness (QED) is 0.654. The summed E-state index contributed by atoms with van der Waals surface area (Å²) in [5.74, 6) is 4.98. The molecular formula is C19H19NO2S. The highest BCUT2D eigenvalue weighted by Crippen LogP contribution is 2.19.